The Bertz CT molecular complexity index is 283. The van der Waals surface area contributed by atoms with Crippen molar-refractivity contribution in [3.8, 4) is 0 Å². The first-order valence-corrected chi connectivity index (χ1v) is 7.33. The van der Waals surface area contributed by atoms with Crippen LogP contribution in [0.25, 0.3) is 0 Å². The Kier molecular flexibility index (Phi) is 5.01. The molecular formula is C14H26N2O2. The fourth-order valence-electron chi connectivity index (χ4n) is 3.18. The van der Waals surface area contributed by atoms with Crippen LogP contribution in [0.2, 0.25) is 0 Å². The van der Waals surface area contributed by atoms with Gasteiger partial charge in [0, 0.05) is 13.0 Å². The van der Waals surface area contributed by atoms with Gasteiger partial charge in [0.15, 0.2) is 0 Å². The first kappa shape index (κ1) is 13.8. The number of carbonyl (C=O) groups excluding carboxylic acids is 1. The van der Waals surface area contributed by atoms with Crippen LogP contribution in [0.5, 0.6) is 0 Å². The summed E-state index contributed by atoms with van der Waals surface area (Å²) >= 11 is 0. The van der Waals surface area contributed by atoms with E-state index in [-0.39, 0.29) is 0 Å². The van der Waals surface area contributed by atoms with Gasteiger partial charge in [-0.2, -0.15) is 0 Å². The maximum Gasteiger partial charge on any atom is 0.222 e. The summed E-state index contributed by atoms with van der Waals surface area (Å²) in [6.45, 7) is 4.39. The molecule has 3 unspecified atom stereocenters. The predicted octanol–water partition coefficient (Wildman–Crippen LogP) is 1.53. The molecule has 0 aromatic rings. The molecule has 4 heteroatoms. The van der Waals surface area contributed by atoms with Crippen molar-refractivity contribution in [3.05, 3.63) is 0 Å². The summed E-state index contributed by atoms with van der Waals surface area (Å²) < 4.78 is 5.74. The molecule has 4 nitrogen and oxygen atoms in total. The summed E-state index contributed by atoms with van der Waals surface area (Å²) in [5.41, 5.74) is 5.54. The molecule has 1 amide bonds. The molecule has 1 saturated carbocycles. The molecule has 0 bridgehead atoms. The predicted molar refractivity (Wildman–Crippen MR) is 71.2 cm³/mol. The summed E-state index contributed by atoms with van der Waals surface area (Å²) in [7, 11) is 0. The Morgan fingerprint density at radius 2 is 2.28 bits per heavy atom. The average molecular weight is 254 g/mol. The molecule has 1 aliphatic heterocycles. The highest BCUT2D eigenvalue weighted by molar-refractivity contribution is 5.76. The molecule has 0 radical (unpaired) electrons. The van der Waals surface area contributed by atoms with Gasteiger partial charge < -0.3 is 15.4 Å². The van der Waals surface area contributed by atoms with Gasteiger partial charge in [-0.25, -0.2) is 0 Å². The normalized spacial score (nSPS) is 29.1. The number of nitrogens with zero attached hydrogens (tertiary/aromatic N) is 1. The summed E-state index contributed by atoms with van der Waals surface area (Å²) in [5.74, 6) is 0.874. The molecule has 2 rings (SSSR count). The zero-order valence-corrected chi connectivity index (χ0v) is 11.4. The number of rotatable bonds is 5. The number of morpholine rings is 1. The van der Waals surface area contributed by atoms with Crippen molar-refractivity contribution in [2.75, 3.05) is 19.7 Å². The molecule has 18 heavy (non-hydrogen) atoms. The second kappa shape index (κ2) is 6.53. The molecular weight excluding hydrogens is 228 g/mol. The van der Waals surface area contributed by atoms with E-state index in [0.717, 1.165) is 38.8 Å². The minimum Gasteiger partial charge on any atom is -0.374 e. The van der Waals surface area contributed by atoms with Gasteiger partial charge in [0.05, 0.1) is 18.8 Å². The van der Waals surface area contributed by atoms with E-state index < -0.39 is 0 Å². The lowest BCUT2D eigenvalue weighted by atomic mass is 10.0. The molecule has 3 atom stereocenters. The van der Waals surface area contributed by atoms with Crippen LogP contribution < -0.4 is 5.73 Å². The summed E-state index contributed by atoms with van der Waals surface area (Å²) in [4.78, 5) is 14.4. The van der Waals surface area contributed by atoms with Crippen LogP contribution in [-0.4, -0.2) is 42.6 Å². The van der Waals surface area contributed by atoms with Crippen molar-refractivity contribution in [2.45, 2.75) is 57.6 Å². The number of nitrogens with two attached hydrogens (primary N) is 1. The van der Waals surface area contributed by atoms with E-state index in [9.17, 15) is 4.79 Å². The van der Waals surface area contributed by atoms with Crippen molar-refractivity contribution in [1.29, 1.82) is 0 Å². The van der Waals surface area contributed by atoms with E-state index in [4.69, 9.17) is 10.5 Å². The Morgan fingerprint density at radius 3 is 3.06 bits per heavy atom. The number of fused-ring (bicyclic) bond motifs is 1. The van der Waals surface area contributed by atoms with Crippen LogP contribution in [0.15, 0.2) is 0 Å². The smallest absolute Gasteiger partial charge is 0.222 e. The van der Waals surface area contributed by atoms with Crippen LogP contribution in [0.4, 0.5) is 0 Å². The molecule has 0 spiro atoms. The third-order valence-corrected chi connectivity index (χ3v) is 4.31. The SMILES string of the molecule is CC(CCN)CCC(=O)N1CCOC2CCCC21. The Morgan fingerprint density at radius 1 is 1.44 bits per heavy atom. The van der Waals surface area contributed by atoms with Gasteiger partial charge in [0.25, 0.3) is 0 Å². The minimum atomic E-state index is 0.309. The summed E-state index contributed by atoms with van der Waals surface area (Å²) in [6, 6.07) is 0.357. The van der Waals surface area contributed by atoms with Crippen LogP contribution in [0.3, 0.4) is 0 Å². The van der Waals surface area contributed by atoms with Crippen molar-refractivity contribution < 1.29 is 9.53 Å². The number of carbonyl (C=O) groups is 1. The summed E-state index contributed by atoms with van der Waals surface area (Å²) in [5, 5.41) is 0. The number of hydrogen-bond acceptors (Lipinski definition) is 3. The molecule has 1 aliphatic carbocycles. The lowest BCUT2D eigenvalue weighted by molar-refractivity contribution is -0.144. The second-order valence-corrected chi connectivity index (χ2v) is 5.72. The molecule has 0 aromatic carbocycles. The van der Waals surface area contributed by atoms with Gasteiger partial charge in [0.1, 0.15) is 0 Å². The van der Waals surface area contributed by atoms with Crippen LogP contribution >= 0.6 is 0 Å². The fourth-order valence-corrected chi connectivity index (χ4v) is 3.18. The Balaban J connectivity index is 1.80. The second-order valence-electron chi connectivity index (χ2n) is 5.72. The third kappa shape index (κ3) is 3.23. The number of amides is 1. The van der Waals surface area contributed by atoms with E-state index in [2.05, 4.69) is 11.8 Å². The highest BCUT2D eigenvalue weighted by Crippen LogP contribution is 2.30. The number of hydrogen-bond donors (Lipinski definition) is 1. The zero-order valence-electron chi connectivity index (χ0n) is 11.4. The van der Waals surface area contributed by atoms with Crippen LogP contribution in [0, 0.1) is 5.92 Å². The lowest BCUT2D eigenvalue weighted by Crippen LogP contribution is -2.51. The average Bonchev–Trinajstić information content (AvgIpc) is 2.84. The van der Waals surface area contributed by atoms with Crippen molar-refractivity contribution in [3.63, 3.8) is 0 Å². The van der Waals surface area contributed by atoms with E-state index in [1.54, 1.807) is 0 Å². The highest BCUT2D eigenvalue weighted by Gasteiger charge is 2.37. The van der Waals surface area contributed by atoms with Crippen LogP contribution in [0.1, 0.15) is 45.4 Å². The molecule has 104 valence electrons. The van der Waals surface area contributed by atoms with Crippen molar-refractivity contribution in [1.82, 2.24) is 4.90 Å². The first-order chi connectivity index (χ1) is 8.72. The van der Waals surface area contributed by atoms with Crippen molar-refractivity contribution >= 4 is 5.91 Å². The van der Waals surface area contributed by atoms with E-state index >= 15 is 0 Å². The first-order valence-electron chi connectivity index (χ1n) is 7.33. The van der Waals surface area contributed by atoms with E-state index in [1.807, 2.05) is 0 Å². The Hall–Kier alpha value is -0.610. The number of ether oxygens (including phenoxy) is 1. The topological polar surface area (TPSA) is 55.6 Å². The van der Waals surface area contributed by atoms with Crippen molar-refractivity contribution in [2.24, 2.45) is 11.7 Å². The lowest BCUT2D eigenvalue weighted by Gasteiger charge is -2.38. The van der Waals surface area contributed by atoms with Gasteiger partial charge in [-0.3, -0.25) is 4.79 Å². The maximum atomic E-state index is 12.3. The van der Waals surface area contributed by atoms with E-state index in [0.29, 0.717) is 37.0 Å². The van der Waals surface area contributed by atoms with E-state index in [1.165, 1.54) is 6.42 Å². The molecule has 2 N–H and O–H groups in total. The van der Waals surface area contributed by atoms with Gasteiger partial charge in [-0.1, -0.05) is 6.92 Å². The molecule has 0 aromatic heterocycles. The molecule has 2 fully saturated rings. The van der Waals surface area contributed by atoms with Gasteiger partial charge in [-0.15, -0.1) is 0 Å². The van der Waals surface area contributed by atoms with Gasteiger partial charge in [0.2, 0.25) is 5.91 Å². The molecule has 2 aliphatic rings. The highest BCUT2D eigenvalue weighted by atomic mass is 16.5. The standard InChI is InChI=1S/C14H26N2O2/c1-11(7-8-15)5-6-14(17)16-9-10-18-13-4-2-3-12(13)16/h11-13H,2-10,15H2,1H3. The monoisotopic (exact) mass is 254 g/mol. The molecule has 1 saturated heterocycles. The molecule has 1 heterocycles. The largest absolute Gasteiger partial charge is 0.374 e. The zero-order chi connectivity index (χ0) is 13.0. The minimum absolute atomic E-state index is 0.309. The van der Waals surface area contributed by atoms with Crippen LogP contribution in [-0.2, 0) is 9.53 Å². The third-order valence-electron chi connectivity index (χ3n) is 4.31. The van der Waals surface area contributed by atoms with Gasteiger partial charge in [-0.05, 0) is 44.6 Å². The Labute approximate surface area is 110 Å². The fraction of sp³-hybridized carbons (Fsp3) is 0.929. The summed E-state index contributed by atoms with van der Waals surface area (Å²) in [6.07, 6.45) is 6.40. The maximum absolute atomic E-state index is 12.3. The quantitative estimate of drug-likeness (QED) is 0.809. The van der Waals surface area contributed by atoms with Gasteiger partial charge >= 0.3 is 0 Å².